The summed E-state index contributed by atoms with van der Waals surface area (Å²) in [4.78, 5) is 12.5. The number of sulfonamides is 1. The Kier molecular flexibility index (Phi) is 5.94. The molecular weight excluding hydrogens is 418 g/mol. The first kappa shape index (κ1) is 21.6. The van der Waals surface area contributed by atoms with Crippen LogP contribution in [0.4, 0.5) is 0 Å². The molecule has 1 heterocycles. The van der Waals surface area contributed by atoms with Gasteiger partial charge in [-0.1, -0.05) is 6.07 Å². The highest BCUT2D eigenvalue weighted by atomic mass is 32.2. The minimum atomic E-state index is -3.81. The standard InChI is InChI=1S/C23H27NO6S/c1-28-21-12-17-9-10-24(20(14-23(25)30-3)19(17)13-22(21)29-2)31(26,27)18-8-7-15-5-4-6-16(15)11-18/h7-8,11-13,20H,4-6,9-10,14H2,1-3H3/t20-/m0/s1. The SMILES string of the molecule is COC(=O)C[C@H]1c2cc(OC)c(OC)cc2CCN1S(=O)(=O)c1ccc2c(c1)CCC2. The van der Waals surface area contributed by atoms with Gasteiger partial charge in [0.25, 0.3) is 0 Å². The molecule has 2 aliphatic rings. The number of hydrogen-bond acceptors (Lipinski definition) is 6. The zero-order chi connectivity index (χ0) is 22.2. The van der Waals surface area contributed by atoms with Gasteiger partial charge in [-0.15, -0.1) is 0 Å². The lowest BCUT2D eigenvalue weighted by Crippen LogP contribution is -2.41. The molecule has 0 fully saturated rings. The Bertz CT molecular complexity index is 1110. The molecule has 166 valence electrons. The molecule has 7 nitrogen and oxygen atoms in total. The van der Waals surface area contributed by atoms with Crippen molar-refractivity contribution in [2.45, 2.75) is 43.0 Å². The van der Waals surface area contributed by atoms with Crippen molar-refractivity contribution in [3.05, 3.63) is 52.6 Å². The van der Waals surface area contributed by atoms with Crippen LogP contribution >= 0.6 is 0 Å². The molecule has 0 unspecified atom stereocenters. The van der Waals surface area contributed by atoms with Crippen LogP contribution in [0.2, 0.25) is 0 Å². The third-order valence-corrected chi connectivity index (χ3v) is 8.12. The number of esters is 1. The molecular formula is C23H27NO6S. The number of benzene rings is 2. The van der Waals surface area contributed by atoms with E-state index in [1.165, 1.54) is 24.1 Å². The monoisotopic (exact) mass is 445 g/mol. The highest BCUT2D eigenvalue weighted by Gasteiger charge is 2.39. The number of carbonyl (C=O) groups is 1. The Balaban J connectivity index is 1.79. The fourth-order valence-electron chi connectivity index (χ4n) is 4.59. The van der Waals surface area contributed by atoms with E-state index in [-0.39, 0.29) is 17.9 Å². The summed E-state index contributed by atoms with van der Waals surface area (Å²) >= 11 is 0. The third kappa shape index (κ3) is 3.90. The summed E-state index contributed by atoms with van der Waals surface area (Å²) in [5.74, 6) is 0.600. The van der Waals surface area contributed by atoms with Gasteiger partial charge in [-0.25, -0.2) is 8.42 Å². The molecule has 0 N–H and O–H groups in total. The fourth-order valence-corrected chi connectivity index (χ4v) is 6.25. The molecule has 31 heavy (non-hydrogen) atoms. The second-order valence-electron chi connectivity index (χ2n) is 7.85. The molecule has 0 saturated heterocycles. The van der Waals surface area contributed by atoms with Gasteiger partial charge in [0, 0.05) is 6.54 Å². The minimum absolute atomic E-state index is 0.0802. The summed E-state index contributed by atoms with van der Waals surface area (Å²) < 4.78 is 44.5. The van der Waals surface area contributed by atoms with E-state index in [4.69, 9.17) is 14.2 Å². The van der Waals surface area contributed by atoms with Gasteiger partial charge in [-0.2, -0.15) is 4.31 Å². The maximum atomic E-state index is 13.7. The summed E-state index contributed by atoms with van der Waals surface area (Å²) in [7, 11) is 0.583. The average molecular weight is 446 g/mol. The van der Waals surface area contributed by atoms with Gasteiger partial charge >= 0.3 is 5.97 Å². The molecule has 4 rings (SSSR count). The van der Waals surface area contributed by atoms with E-state index in [9.17, 15) is 13.2 Å². The van der Waals surface area contributed by atoms with Crippen molar-refractivity contribution in [1.29, 1.82) is 0 Å². The number of aryl methyl sites for hydroxylation is 2. The number of carbonyl (C=O) groups excluding carboxylic acids is 1. The van der Waals surface area contributed by atoms with E-state index in [2.05, 4.69) is 0 Å². The maximum Gasteiger partial charge on any atom is 0.307 e. The van der Waals surface area contributed by atoms with Crippen LogP contribution < -0.4 is 9.47 Å². The number of fused-ring (bicyclic) bond motifs is 2. The van der Waals surface area contributed by atoms with Crippen LogP contribution in [0, 0.1) is 0 Å². The molecule has 0 spiro atoms. The predicted octanol–water partition coefficient (Wildman–Crippen LogP) is 3.04. The van der Waals surface area contributed by atoms with Gasteiger partial charge in [0.2, 0.25) is 10.0 Å². The molecule has 0 aromatic heterocycles. The van der Waals surface area contributed by atoms with Crippen molar-refractivity contribution in [1.82, 2.24) is 4.31 Å². The molecule has 1 atom stereocenters. The Labute approximate surface area is 183 Å². The Morgan fingerprint density at radius 2 is 1.68 bits per heavy atom. The Morgan fingerprint density at radius 3 is 2.39 bits per heavy atom. The maximum absolute atomic E-state index is 13.7. The normalized spacial score (nSPS) is 18.2. The van der Waals surface area contributed by atoms with E-state index >= 15 is 0 Å². The molecule has 2 aromatic carbocycles. The smallest absolute Gasteiger partial charge is 0.307 e. The van der Waals surface area contributed by atoms with E-state index in [1.807, 2.05) is 12.1 Å². The van der Waals surface area contributed by atoms with Crippen molar-refractivity contribution in [3.8, 4) is 11.5 Å². The van der Waals surface area contributed by atoms with Gasteiger partial charge in [0.05, 0.1) is 38.7 Å². The second kappa shape index (κ2) is 8.51. The summed E-state index contributed by atoms with van der Waals surface area (Å²) in [6, 6.07) is 8.32. The van der Waals surface area contributed by atoms with Gasteiger partial charge in [0.1, 0.15) is 0 Å². The van der Waals surface area contributed by atoms with Crippen LogP contribution in [0.5, 0.6) is 11.5 Å². The van der Waals surface area contributed by atoms with Crippen LogP contribution in [0.25, 0.3) is 0 Å². The molecule has 0 radical (unpaired) electrons. The first-order valence-corrected chi connectivity index (χ1v) is 11.8. The molecule has 0 amide bonds. The summed E-state index contributed by atoms with van der Waals surface area (Å²) in [5.41, 5.74) is 3.98. The highest BCUT2D eigenvalue weighted by Crippen LogP contribution is 2.42. The van der Waals surface area contributed by atoms with E-state index < -0.39 is 22.0 Å². The summed E-state index contributed by atoms with van der Waals surface area (Å²) in [5, 5.41) is 0. The van der Waals surface area contributed by atoms with E-state index in [0.717, 1.165) is 36.0 Å². The topological polar surface area (TPSA) is 82.1 Å². The van der Waals surface area contributed by atoms with Crippen molar-refractivity contribution < 1.29 is 27.4 Å². The van der Waals surface area contributed by atoms with Crippen LogP contribution in [0.15, 0.2) is 35.2 Å². The fraction of sp³-hybridized carbons (Fsp3) is 0.435. The van der Waals surface area contributed by atoms with Crippen LogP contribution in [0.3, 0.4) is 0 Å². The van der Waals surface area contributed by atoms with Crippen molar-refractivity contribution in [2.75, 3.05) is 27.9 Å². The lowest BCUT2D eigenvalue weighted by atomic mass is 9.91. The lowest BCUT2D eigenvalue weighted by Gasteiger charge is -2.36. The quantitative estimate of drug-likeness (QED) is 0.636. The number of ether oxygens (including phenoxy) is 3. The van der Waals surface area contributed by atoms with E-state index in [1.54, 1.807) is 25.3 Å². The van der Waals surface area contributed by atoms with Crippen LogP contribution in [0.1, 0.15) is 41.1 Å². The molecule has 0 bridgehead atoms. The van der Waals surface area contributed by atoms with E-state index in [0.29, 0.717) is 17.9 Å². The average Bonchev–Trinajstić information content (AvgIpc) is 3.26. The summed E-state index contributed by atoms with van der Waals surface area (Å²) in [6.45, 7) is 0.267. The zero-order valence-electron chi connectivity index (χ0n) is 18.0. The summed E-state index contributed by atoms with van der Waals surface area (Å²) in [6.07, 6.45) is 3.35. The molecule has 0 saturated carbocycles. The highest BCUT2D eigenvalue weighted by molar-refractivity contribution is 7.89. The minimum Gasteiger partial charge on any atom is -0.493 e. The number of rotatable bonds is 6. The number of hydrogen-bond donors (Lipinski definition) is 0. The molecule has 1 aliphatic carbocycles. The van der Waals surface area contributed by atoms with Gasteiger partial charge in [-0.3, -0.25) is 4.79 Å². The molecule has 8 heteroatoms. The Morgan fingerprint density at radius 1 is 0.968 bits per heavy atom. The van der Waals surface area contributed by atoms with Crippen molar-refractivity contribution >= 4 is 16.0 Å². The first-order chi connectivity index (χ1) is 14.9. The van der Waals surface area contributed by atoms with Gasteiger partial charge in [0.15, 0.2) is 11.5 Å². The van der Waals surface area contributed by atoms with Crippen molar-refractivity contribution in [3.63, 3.8) is 0 Å². The lowest BCUT2D eigenvalue weighted by molar-refractivity contribution is -0.141. The Hall–Kier alpha value is -2.58. The molecule has 2 aromatic rings. The predicted molar refractivity (Wildman–Crippen MR) is 115 cm³/mol. The van der Waals surface area contributed by atoms with Gasteiger partial charge < -0.3 is 14.2 Å². The van der Waals surface area contributed by atoms with Crippen molar-refractivity contribution in [2.24, 2.45) is 0 Å². The number of nitrogens with zero attached hydrogens (tertiary/aromatic N) is 1. The number of methoxy groups -OCH3 is 3. The van der Waals surface area contributed by atoms with Crippen LogP contribution in [-0.2, 0) is 38.8 Å². The first-order valence-electron chi connectivity index (χ1n) is 10.3. The third-order valence-electron chi connectivity index (χ3n) is 6.22. The second-order valence-corrected chi connectivity index (χ2v) is 9.74. The molecule has 1 aliphatic heterocycles. The van der Waals surface area contributed by atoms with Crippen LogP contribution in [-0.4, -0.2) is 46.6 Å². The van der Waals surface area contributed by atoms with Gasteiger partial charge in [-0.05, 0) is 72.2 Å². The largest absolute Gasteiger partial charge is 0.493 e. The zero-order valence-corrected chi connectivity index (χ0v) is 18.8.